The van der Waals surface area contributed by atoms with Crippen molar-refractivity contribution >= 4 is 23.5 Å². The summed E-state index contributed by atoms with van der Waals surface area (Å²) in [4.78, 5) is 49.0. The number of hydrogen-bond donors (Lipinski definition) is 1. The predicted octanol–water partition coefficient (Wildman–Crippen LogP) is 3.48. The van der Waals surface area contributed by atoms with E-state index in [4.69, 9.17) is 14.6 Å². The van der Waals surface area contributed by atoms with Crippen LogP contribution in [0.5, 0.6) is 0 Å². The van der Waals surface area contributed by atoms with Crippen LogP contribution in [0.2, 0.25) is 0 Å². The van der Waals surface area contributed by atoms with Crippen LogP contribution in [-0.4, -0.2) is 34.2 Å². The van der Waals surface area contributed by atoms with Crippen LogP contribution in [-0.2, 0) is 28.7 Å². The summed E-state index contributed by atoms with van der Waals surface area (Å²) >= 11 is 0. The highest BCUT2D eigenvalue weighted by atomic mass is 16.6. The van der Waals surface area contributed by atoms with Crippen molar-refractivity contribution in [2.24, 2.45) is 0 Å². The third-order valence-electron chi connectivity index (χ3n) is 5.36. The van der Waals surface area contributed by atoms with Gasteiger partial charge in [0, 0.05) is 18.1 Å². The number of carboxylic acid groups (broad SMARTS) is 1. The predicted molar refractivity (Wildman–Crippen MR) is 107 cm³/mol. The van der Waals surface area contributed by atoms with E-state index in [1.807, 2.05) is 0 Å². The van der Waals surface area contributed by atoms with E-state index >= 15 is 0 Å². The minimum atomic E-state index is -1.56. The van der Waals surface area contributed by atoms with Crippen LogP contribution >= 0.6 is 0 Å². The van der Waals surface area contributed by atoms with Gasteiger partial charge in [-0.25, -0.2) is 9.59 Å². The number of fused-ring (bicyclic) bond motifs is 2. The van der Waals surface area contributed by atoms with Crippen LogP contribution in [0.3, 0.4) is 0 Å². The van der Waals surface area contributed by atoms with E-state index < -0.39 is 23.3 Å². The molecule has 0 saturated heterocycles. The van der Waals surface area contributed by atoms with Gasteiger partial charge in [0.2, 0.25) is 5.78 Å². The molecule has 0 spiro atoms. The van der Waals surface area contributed by atoms with Crippen molar-refractivity contribution in [2.45, 2.75) is 58.0 Å². The second-order valence-corrected chi connectivity index (χ2v) is 7.60. The lowest BCUT2D eigenvalue weighted by Gasteiger charge is -2.30. The summed E-state index contributed by atoms with van der Waals surface area (Å²) in [6, 6.07) is 0. The Morgan fingerprint density at radius 3 is 2.57 bits per heavy atom. The fourth-order valence-corrected chi connectivity index (χ4v) is 3.71. The maximum absolute atomic E-state index is 13.0. The molecule has 7 heteroatoms. The Morgan fingerprint density at radius 1 is 1.13 bits per heavy atom. The van der Waals surface area contributed by atoms with Crippen molar-refractivity contribution in [1.82, 2.24) is 0 Å². The van der Waals surface area contributed by atoms with Gasteiger partial charge < -0.3 is 14.6 Å². The van der Waals surface area contributed by atoms with E-state index in [2.05, 4.69) is 6.92 Å². The highest BCUT2D eigenvalue weighted by molar-refractivity contribution is 6.24. The molecule has 0 fully saturated rings. The van der Waals surface area contributed by atoms with Gasteiger partial charge in [0.25, 0.3) is 0 Å². The number of Topliss-reactive ketones (excluding diaryl/α,β-unsaturated/α-hetero) is 2. The van der Waals surface area contributed by atoms with Crippen molar-refractivity contribution in [3.05, 3.63) is 58.6 Å². The minimum absolute atomic E-state index is 0.0737. The maximum atomic E-state index is 13.0. The molecule has 158 valence electrons. The van der Waals surface area contributed by atoms with Crippen molar-refractivity contribution in [1.29, 1.82) is 0 Å². The Bertz CT molecular complexity index is 958. The second kappa shape index (κ2) is 8.65. The maximum Gasteiger partial charge on any atom is 0.343 e. The van der Waals surface area contributed by atoms with E-state index in [1.165, 1.54) is 25.3 Å². The lowest BCUT2D eigenvalue weighted by Crippen LogP contribution is -2.41. The summed E-state index contributed by atoms with van der Waals surface area (Å²) in [5, 5.41) is 8.77. The van der Waals surface area contributed by atoms with E-state index in [1.54, 1.807) is 6.08 Å². The first-order chi connectivity index (χ1) is 14.3. The van der Waals surface area contributed by atoms with Gasteiger partial charge in [0.1, 0.15) is 17.6 Å². The molecule has 1 aliphatic carbocycles. The van der Waals surface area contributed by atoms with Crippen LogP contribution in [0.25, 0.3) is 0 Å². The van der Waals surface area contributed by atoms with E-state index in [-0.39, 0.29) is 34.7 Å². The largest absolute Gasteiger partial charge is 0.478 e. The Kier molecular flexibility index (Phi) is 6.20. The zero-order valence-electron chi connectivity index (χ0n) is 17.0. The van der Waals surface area contributed by atoms with E-state index in [0.717, 1.165) is 31.8 Å². The smallest absolute Gasteiger partial charge is 0.343 e. The number of hydrogen-bond acceptors (Lipinski definition) is 6. The molecule has 0 amide bonds. The average molecular weight is 412 g/mol. The molecule has 0 bridgehead atoms. The molecule has 0 aromatic carbocycles. The molecule has 1 atom stereocenters. The van der Waals surface area contributed by atoms with E-state index in [0.29, 0.717) is 12.0 Å². The molecule has 2 aliphatic heterocycles. The summed E-state index contributed by atoms with van der Waals surface area (Å²) < 4.78 is 10.7. The molecule has 3 aliphatic rings. The Hall–Kier alpha value is -3.22. The first-order valence-electron chi connectivity index (χ1n) is 10.1. The Morgan fingerprint density at radius 2 is 1.87 bits per heavy atom. The van der Waals surface area contributed by atoms with Crippen molar-refractivity contribution in [2.75, 3.05) is 0 Å². The molecular weight excluding hydrogens is 388 g/mol. The molecule has 2 heterocycles. The number of ketones is 2. The summed E-state index contributed by atoms with van der Waals surface area (Å²) in [6.45, 7) is 3.58. The van der Waals surface area contributed by atoms with Gasteiger partial charge in [-0.2, -0.15) is 0 Å². The molecule has 0 aromatic heterocycles. The standard InChI is InChI=1S/C23H24O7/c1-3-4-5-6-7-8-18(24)20-17-12-14-11-15(9-10-19(25)26)29-13-16(14)21(27)23(17,2)30-22(20)28/h9-13H,3-8H2,1-2H3,(H,25,26). The first-order valence-corrected chi connectivity index (χ1v) is 10.1. The van der Waals surface area contributed by atoms with Gasteiger partial charge in [-0.3, -0.25) is 9.59 Å². The lowest BCUT2D eigenvalue weighted by molar-refractivity contribution is -0.153. The zero-order valence-corrected chi connectivity index (χ0v) is 17.0. The zero-order chi connectivity index (χ0) is 21.9. The summed E-state index contributed by atoms with van der Waals surface area (Å²) in [5.74, 6) is -2.51. The van der Waals surface area contributed by atoms with Crippen molar-refractivity contribution < 1.29 is 33.8 Å². The monoisotopic (exact) mass is 412 g/mol. The third kappa shape index (κ3) is 4.06. The number of ether oxygens (including phenoxy) is 2. The lowest BCUT2D eigenvalue weighted by atomic mass is 9.77. The van der Waals surface area contributed by atoms with Gasteiger partial charge in [0.05, 0.1) is 5.57 Å². The SMILES string of the molecule is CCCCCCCC(=O)C1=C2C=C3C=C(C=CC(=O)O)OC=C3C(=O)C2(C)OC1=O. The average Bonchev–Trinajstić information content (AvgIpc) is 2.96. The molecule has 1 unspecified atom stereocenters. The van der Waals surface area contributed by atoms with Gasteiger partial charge in [-0.05, 0) is 37.1 Å². The molecular formula is C23H24O7. The topological polar surface area (TPSA) is 107 Å². The fourth-order valence-electron chi connectivity index (χ4n) is 3.71. The van der Waals surface area contributed by atoms with Gasteiger partial charge in [-0.15, -0.1) is 0 Å². The number of esters is 1. The van der Waals surface area contributed by atoms with Crippen molar-refractivity contribution in [3.63, 3.8) is 0 Å². The number of unbranched alkanes of at least 4 members (excludes halogenated alkanes) is 4. The van der Waals surface area contributed by atoms with E-state index in [9.17, 15) is 19.2 Å². The normalized spacial score (nSPS) is 22.7. The van der Waals surface area contributed by atoms with Crippen LogP contribution in [0, 0.1) is 0 Å². The summed E-state index contributed by atoms with van der Waals surface area (Å²) in [6.07, 6.45) is 11.5. The number of rotatable bonds is 9. The first kappa shape index (κ1) is 21.5. The van der Waals surface area contributed by atoms with Crippen LogP contribution in [0.15, 0.2) is 58.6 Å². The molecule has 0 radical (unpaired) electrons. The molecule has 0 aromatic rings. The summed E-state index contributed by atoms with van der Waals surface area (Å²) in [7, 11) is 0. The highest BCUT2D eigenvalue weighted by Crippen LogP contribution is 2.44. The molecule has 3 rings (SSSR count). The van der Waals surface area contributed by atoms with Crippen LogP contribution < -0.4 is 0 Å². The Labute approximate surface area is 174 Å². The van der Waals surface area contributed by atoms with Crippen LogP contribution in [0.4, 0.5) is 0 Å². The number of carbonyl (C=O) groups is 4. The van der Waals surface area contributed by atoms with Crippen molar-refractivity contribution in [3.8, 4) is 0 Å². The fraction of sp³-hybridized carbons (Fsp3) is 0.391. The number of aliphatic carboxylic acids is 1. The summed E-state index contributed by atoms with van der Waals surface area (Å²) in [5.41, 5.74) is -0.742. The number of carbonyl (C=O) groups excluding carboxylic acids is 3. The quantitative estimate of drug-likeness (QED) is 0.267. The Balaban J connectivity index is 1.92. The molecule has 30 heavy (non-hydrogen) atoms. The molecule has 1 N–H and O–H groups in total. The minimum Gasteiger partial charge on any atom is -0.478 e. The number of carboxylic acids is 1. The van der Waals surface area contributed by atoms with Gasteiger partial charge >= 0.3 is 11.9 Å². The molecule has 7 nitrogen and oxygen atoms in total. The van der Waals surface area contributed by atoms with Gasteiger partial charge in [-0.1, -0.05) is 32.6 Å². The number of allylic oxidation sites excluding steroid dienone is 3. The van der Waals surface area contributed by atoms with Gasteiger partial charge in [0.15, 0.2) is 11.4 Å². The van der Waals surface area contributed by atoms with Crippen LogP contribution in [0.1, 0.15) is 52.4 Å². The third-order valence-corrected chi connectivity index (χ3v) is 5.36. The molecule has 0 saturated carbocycles. The second-order valence-electron chi connectivity index (χ2n) is 7.60. The highest BCUT2D eigenvalue weighted by Gasteiger charge is 2.54.